The first-order valence-electron chi connectivity index (χ1n) is 5.30. The number of benzene rings is 1. The highest BCUT2D eigenvalue weighted by molar-refractivity contribution is 6.17. The number of nitrogens with zero attached hydrogens (tertiary/aromatic N) is 1. The molecule has 0 N–H and O–H groups in total. The van der Waals surface area contributed by atoms with Gasteiger partial charge in [0.15, 0.2) is 0 Å². The number of fused-ring (bicyclic) bond motifs is 1. The summed E-state index contributed by atoms with van der Waals surface area (Å²) in [5.74, 6) is 0.751. The van der Waals surface area contributed by atoms with Gasteiger partial charge in [-0.3, -0.25) is 4.98 Å². The summed E-state index contributed by atoms with van der Waals surface area (Å²) in [7, 11) is 0. The minimum absolute atomic E-state index is 0.751. The second-order valence-corrected chi connectivity index (χ2v) is 4.06. The zero-order valence-electron chi connectivity index (χ0n) is 8.62. The van der Waals surface area contributed by atoms with Crippen LogP contribution < -0.4 is 0 Å². The Kier molecular flexibility index (Phi) is 3.57. The van der Waals surface area contributed by atoms with Crippen LogP contribution in [-0.4, -0.2) is 10.9 Å². The minimum Gasteiger partial charge on any atom is -0.256 e. The Hall–Kier alpha value is -1.08. The van der Waals surface area contributed by atoms with Crippen molar-refractivity contribution in [3.8, 4) is 0 Å². The molecule has 1 nitrogen and oxygen atoms in total. The van der Waals surface area contributed by atoms with Crippen molar-refractivity contribution >= 4 is 22.5 Å². The summed E-state index contributed by atoms with van der Waals surface area (Å²) in [6.45, 7) is 0. The normalized spacial score (nSPS) is 10.7. The highest BCUT2D eigenvalue weighted by Gasteiger charge is 1.97. The Labute approximate surface area is 95.1 Å². The fourth-order valence-corrected chi connectivity index (χ4v) is 1.87. The van der Waals surface area contributed by atoms with Gasteiger partial charge in [0.25, 0.3) is 0 Å². The van der Waals surface area contributed by atoms with Gasteiger partial charge in [0, 0.05) is 17.5 Å². The number of unbranched alkanes of at least 4 members (excludes halogenated alkanes) is 1. The third-order valence-electron chi connectivity index (χ3n) is 2.50. The molecular formula is C13H14ClN. The minimum atomic E-state index is 0.751. The molecule has 0 unspecified atom stereocenters. The van der Waals surface area contributed by atoms with Gasteiger partial charge < -0.3 is 0 Å². The number of halogens is 1. The predicted octanol–water partition coefficient (Wildman–Crippen LogP) is 3.80. The van der Waals surface area contributed by atoms with E-state index < -0.39 is 0 Å². The van der Waals surface area contributed by atoms with Gasteiger partial charge in [-0.05, 0) is 37.0 Å². The second kappa shape index (κ2) is 5.13. The monoisotopic (exact) mass is 219 g/mol. The van der Waals surface area contributed by atoms with Crippen molar-refractivity contribution in [1.82, 2.24) is 4.98 Å². The molecule has 2 rings (SSSR count). The van der Waals surface area contributed by atoms with E-state index in [1.807, 2.05) is 24.4 Å². The predicted molar refractivity (Wildman–Crippen MR) is 65.4 cm³/mol. The standard InChI is InChI=1S/C13H14ClN/c14-8-4-3-5-11-9-12-6-1-2-7-13(12)15-10-11/h1-2,6-7,9-10H,3-5,8H2. The quantitative estimate of drug-likeness (QED) is 0.563. The zero-order chi connectivity index (χ0) is 10.5. The van der Waals surface area contributed by atoms with Crippen molar-refractivity contribution < 1.29 is 0 Å². The molecule has 0 bridgehead atoms. The van der Waals surface area contributed by atoms with Crippen LogP contribution >= 0.6 is 11.6 Å². The van der Waals surface area contributed by atoms with Crippen molar-refractivity contribution in [3.05, 3.63) is 42.1 Å². The molecule has 0 saturated carbocycles. The Morgan fingerprint density at radius 2 is 2.00 bits per heavy atom. The van der Waals surface area contributed by atoms with Crippen molar-refractivity contribution in [2.75, 3.05) is 5.88 Å². The Balaban J connectivity index is 2.16. The Morgan fingerprint density at radius 3 is 2.87 bits per heavy atom. The fourth-order valence-electron chi connectivity index (χ4n) is 1.68. The van der Waals surface area contributed by atoms with Crippen LogP contribution in [0.4, 0.5) is 0 Å². The summed E-state index contributed by atoms with van der Waals surface area (Å²) in [4.78, 5) is 4.43. The molecule has 0 amide bonds. The Morgan fingerprint density at radius 1 is 1.13 bits per heavy atom. The lowest BCUT2D eigenvalue weighted by molar-refractivity contribution is 0.798. The van der Waals surface area contributed by atoms with E-state index >= 15 is 0 Å². The molecule has 0 aliphatic rings. The molecule has 0 saturated heterocycles. The molecule has 0 atom stereocenters. The smallest absolute Gasteiger partial charge is 0.0702 e. The number of hydrogen-bond donors (Lipinski definition) is 0. The third-order valence-corrected chi connectivity index (χ3v) is 2.76. The van der Waals surface area contributed by atoms with Gasteiger partial charge in [0.05, 0.1) is 5.52 Å². The van der Waals surface area contributed by atoms with E-state index in [0.717, 1.165) is 30.7 Å². The van der Waals surface area contributed by atoms with Crippen LogP contribution in [0.15, 0.2) is 36.5 Å². The molecule has 0 aliphatic heterocycles. The molecule has 15 heavy (non-hydrogen) atoms. The molecule has 1 aromatic heterocycles. The van der Waals surface area contributed by atoms with Crippen LogP contribution in [0.25, 0.3) is 10.9 Å². The average molecular weight is 220 g/mol. The van der Waals surface area contributed by atoms with Crippen molar-refractivity contribution in [2.24, 2.45) is 0 Å². The molecule has 1 heterocycles. The number of aromatic nitrogens is 1. The van der Waals surface area contributed by atoms with Crippen LogP contribution in [0.2, 0.25) is 0 Å². The molecule has 0 fully saturated rings. The average Bonchev–Trinajstić information content (AvgIpc) is 2.29. The SMILES string of the molecule is ClCCCCc1cnc2ccccc2c1. The van der Waals surface area contributed by atoms with E-state index in [1.54, 1.807) is 0 Å². The number of hydrogen-bond acceptors (Lipinski definition) is 1. The largest absolute Gasteiger partial charge is 0.256 e. The maximum Gasteiger partial charge on any atom is 0.0702 e. The van der Waals surface area contributed by atoms with Gasteiger partial charge >= 0.3 is 0 Å². The van der Waals surface area contributed by atoms with Gasteiger partial charge in [-0.25, -0.2) is 0 Å². The number of para-hydroxylation sites is 1. The van der Waals surface area contributed by atoms with Crippen LogP contribution in [0.3, 0.4) is 0 Å². The first kappa shape index (κ1) is 10.4. The molecular weight excluding hydrogens is 206 g/mol. The maximum atomic E-state index is 5.65. The maximum absolute atomic E-state index is 5.65. The first-order valence-corrected chi connectivity index (χ1v) is 5.83. The van der Waals surface area contributed by atoms with E-state index in [0.29, 0.717) is 0 Å². The van der Waals surface area contributed by atoms with E-state index in [-0.39, 0.29) is 0 Å². The van der Waals surface area contributed by atoms with Gasteiger partial charge in [-0.1, -0.05) is 18.2 Å². The van der Waals surface area contributed by atoms with Crippen LogP contribution in [0.5, 0.6) is 0 Å². The summed E-state index contributed by atoms with van der Waals surface area (Å²) >= 11 is 5.65. The topological polar surface area (TPSA) is 12.9 Å². The molecule has 2 heteroatoms. The molecule has 0 radical (unpaired) electrons. The summed E-state index contributed by atoms with van der Waals surface area (Å²) in [6, 6.07) is 10.4. The Bertz CT molecular complexity index is 439. The van der Waals surface area contributed by atoms with E-state index in [4.69, 9.17) is 11.6 Å². The van der Waals surface area contributed by atoms with Crippen molar-refractivity contribution in [2.45, 2.75) is 19.3 Å². The highest BCUT2D eigenvalue weighted by Crippen LogP contribution is 2.14. The van der Waals surface area contributed by atoms with Crippen molar-refractivity contribution in [3.63, 3.8) is 0 Å². The molecule has 0 spiro atoms. The number of aryl methyl sites for hydroxylation is 1. The van der Waals surface area contributed by atoms with Crippen LogP contribution in [0.1, 0.15) is 18.4 Å². The third kappa shape index (κ3) is 2.69. The number of rotatable bonds is 4. The van der Waals surface area contributed by atoms with Gasteiger partial charge in [0.2, 0.25) is 0 Å². The van der Waals surface area contributed by atoms with Crippen molar-refractivity contribution in [1.29, 1.82) is 0 Å². The lowest BCUT2D eigenvalue weighted by Crippen LogP contribution is -1.88. The van der Waals surface area contributed by atoms with Gasteiger partial charge in [-0.2, -0.15) is 0 Å². The van der Waals surface area contributed by atoms with E-state index in [1.165, 1.54) is 10.9 Å². The fraction of sp³-hybridized carbons (Fsp3) is 0.308. The molecule has 78 valence electrons. The summed E-state index contributed by atoms with van der Waals surface area (Å²) in [5, 5.41) is 1.22. The lowest BCUT2D eigenvalue weighted by atomic mass is 10.1. The van der Waals surface area contributed by atoms with Crippen LogP contribution in [-0.2, 0) is 6.42 Å². The van der Waals surface area contributed by atoms with Gasteiger partial charge in [0.1, 0.15) is 0 Å². The first-order chi connectivity index (χ1) is 7.40. The van der Waals surface area contributed by atoms with E-state index in [2.05, 4.69) is 17.1 Å². The lowest BCUT2D eigenvalue weighted by Gasteiger charge is -2.02. The molecule has 2 aromatic rings. The number of pyridine rings is 1. The summed E-state index contributed by atoms with van der Waals surface area (Å²) in [5.41, 5.74) is 2.37. The zero-order valence-corrected chi connectivity index (χ0v) is 9.37. The second-order valence-electron chi connectivity index (χ2n) is 3.68. The van der Waals surface area contributed by atoms with E-state index in [9.17, 15) is 0 Å². The summed E-state index contributed by atoms with van der Waals surface area (Å²) in [6.07, 6.45) is 5.26. The molecule has 1 aromatic carbocycles. The number of alkyl halides is 1. The molecule has 0 aliphatic carbocycles. The van der Waals surface area contributed by atoms with Crippen LogP contribution in [0, 0.1) is 0 Å². The van der Waals surface area contributed by atoms with Gasteiger partial charge in [-0.15, -0.1) is 11.6 Å². The highest BCUT2D eigenvalue weighted by atomic mass is 35.5. The summed E-state index contributed by atoms with van der Waals surface area (Å²) < 4.78 is 0.